The summed E-state index contributed by atoms with van der Waals surface area (Å²) in [7, 11) is 0. The zero-order chi connectivity index (χ0) is 13.1. The van der Waals surface area contributed by atoms with Gasteiger partial charge >= 0.3 is 0 Å². The summed E-state index contributed by atoms with van der Waals surface area (Å²) in [6, 6.07) is 3.86. The van der Waals surface area contributed by atoms with Gasteiger partial charge in [-0.1, -0.05) is 0 Å². The number of halogens is 3. The lowest BCUT2D eigenvalue weighted by Crippen LogP contribution is -2.31. The molecule has 0 amide bonds. The van der Waals surface area contributed by atoms with Crippen LogP contribution >= 0.6 is 22.6 Å². The maximum absolute atomic E-state index is 12.8. The maximum atomic E-state index is 12.8. The van der Waals surface area contributed by atoms with Gasteiger partial charge in [0.2, 0.25) is 0 Å². The van der Waals surface area contributed by atoms with Gasteiger partial charge in [0.25, 0.3) is 11.6 Å². The van der Waals surface area contributed by atoms with Crippen molar-refractivity contribution in [1.82, 2.24) is 0 Å². The molecule has 0 heterocycles. The summed E-state index contributed by atoms with van der Waals surface area (Å²) in [6.45, 7) is -1.97. The summed E-state index contributed by atoms with van der Waals surface area (Å²) < 4.78 is 26.0. The number of benzene rings is 1. The number of hydrogen-bond acceptors (Lipinski definition) is 4. The van der Waals surface area contributed by atoms with Gasteiger partial charge in [-0.15, -0.1) is 0 Å². The molecule has 94 valence electrons. The standard InChI is InChI=1S/C9H9F2IN2O3/c10-9(11,5-15)4-13-8-2-1-6(14(16)17)3-7(8)12/h1-3,13,15H,4-5H2. The fourth-order valence-electron chi connectivity index (χ4n) is 1.04. The number of rotatable bonds is 5. The van der Waals surface area contributed by atoms with Crippen LogP contribution in [-0.2, 0) is 0 Å². The number of nitro groups is 1. The van der Waals surface area contributed by atoms with Crippen molar-refractivity contribution in [3.8, 4) is 0 Å². The number of nitrogens with one attached hydrogen (secondary N) is 1. The van der Waals surface area contributed by atoms with E-state index < -0.39 is 24.0 Å². The van der Waals surface area contributed by atoms with Crippen LogP contribution in [0.15, 0.2) is 18.2 Å². The topological polar surface area (TPSA) is 75.4 Å². The normalized spacial score (nSPS) is 11.3. The molecule has 17 heavy (non-hydrogen) atoms. The molecule has 0 fully saturated rings. The highest BCUT2D eigenvalue weighted by Crippen LogP contribution is 2.24. The SMILES string of the molecule is O=[N+]([O-])c1ccc(NCC(F)(F)CO)c(I)c1. The highest BCUT2D eigenvalue weighted by molar-refractivity contribution is 14.1. The first kappa shape index (κ1) is 14.0. The van der Waals surface area contributed by atoms with Crippen LogP contribution in [0.25, 0.3) is 0 Å². The Kier molecular flexibility index (Phi) is 4.57. The van der Waals surface area contributed by atoms with Gasteiger partial charge in [-0.05, 0) is 28.7 Å². The van der Waals surface area contributed by atoms with Crippen molar-refractivity contribution >= 4 is 34.0 Å². The molecule has 0 aliphatic rings. The van der Waals surface area contributed by atoms with Gasteiger partial charge in [0.1, 0.15) is 6.61 Å². The van der Waals surface area contributed by atoms with Crippen molar-refractivity contribution in [3.63, 3.8) is 0 Å². The van der Waals surface area contributed by atoms with E-state index in [9.17, 15) is 18.9 Å². The Morgan fingerprint density at radius 1 is 1.53 bits per heavy atom. The quantitative estimate of drug-likeness (QED) is 0.481. The number of alkyl halides is 2. The van der Waals surface area contributed by atoms with E-state index in [-0.39, 0.29) is 5.69 Å². The van der Waals surface area contributed by atoms with E-state index in [4.69, 9.17) is 5.11 Å². The first-order valence-electron chi connectivity index (χ1n) is 4.52. The summed E-state index contributed by atoms with van der Waals surface area (Å²) in [5, 5.41) is 21.3. The lowest BCUT2D eigenvalue weighted by molar-refractivity contribution is -0.384. The van der Waals surface area contributed by atoms with Gasteiger partial charge in [0, 0.05) is 21.4 Å². The molecule has 0 aliphatic carbocycles. The van der Waals surface area contributed by atoms with Crippen LogP contribution < -0.4 is 5.32 Å². The molecule has 0 radical (unpaired) electrons. The Morgan fingerprint density at radius 3 is 2.65 bits per heavy atom. The average molecular weight is 358 g/mol. The molecule has 5 nitrogen and oxygen atoms in total. The van der Waals surface area contributed by atoms with E-state index in [0.29, 0.717) is 9.26 Å². The van der Waals surface area contributed by atoms with Gasteiger partial charge in [-0.2, -0.15) is 0 Å². The molecule has 0 saturated heterocycles. The molecule has 8 heteroatoms. The Bertz CT molecular complexity index is 429. The molecule has 2 N–H and O–H groups in total. The van der Waals surface area contributed by atoms with Crippen LogP contribution in [0, 0.1) is 13.7 Å². The monoisotopic (exact) mass is 358 g/mol. The predicted octanol–water partition coefficient (Wildman–Crippen LogP) is 2.24. The number of non-ortho nitro benzene ring substituents is 1. The van der Waals surface area contributed by atoms with Crippen molar-refractivity contribution in [2.45, 2.75) is 5.92 Å². The van der Waals surface area contributed by atoms with Crippen molar-refractivity contribution in [2.75, 3.05) is 18.5 Å². The second kappa shape index (κ2) is 5.54. The van der Waals surface area contributed by atoms with E-state index >= 15 is 0 Å². The van der Waals surface area contributed by atoms with Gasteiger partial charge in [-0.3, -0.25) is 10.1 Å². The van der Waals surface area contributed by atoms with E-state index in [1.165, 1.54) is 18.2 Å². The second-order valence-corrected chi connectivity index (χ2v) is 4.45. The summed E-state index contributed by atoms with van der Waals surface area (Å²) >= 11 is 1.81. The maximum Gasteiger partial charge on any atom is 0.287 e. The van der Waals surface area contributed by atoms with E-state index in [0.717, 1.165) is 0 Å². The largest absolute Gasteiger partial charge is 0.390 e. The summed E-state index contributed by atoms with van der Waals surface area (Å²) in [5.41, 5.74) is 0.262. The Labute approximate surface area is 109 Å². The lowest BCUT2D eigenvalue weighted by atomic mass is 10.2. The van der Waals surface area contributed by atoms with Crippen molar-refractivity contribution in [2.24, 2.45) is 0 Å². The Morgan fingerprint density at radius 2 is 2.18 bits per heavy atom. The van der Waals surface area contributed by atoms with Crippen molar-refractivity contribution in [1.29, 1.82) is 0 Å². The average Bonchev–Trinajstić information content (AvgIpc) is 2.27. The van der Waals surface area contributed by atoms with Crippen LogP contribution in [0.2, 0.25) is 0 Å². The van der Waals surface area contributed by atoms with E-state index in [1.807, 2.05) is 22.6 Å². The smallest absolute Gasteiger partial charge is 0.287 e. The van der Waals surface area contributed by atoms with Gasteiger partial charge < -0.3 is 10.4 Å². The van der Waals surface area contributed by atoms with E-state index in [1.54, 1.807) is 0 Å². The summed E-state index contributed by atoms with van der Waals surface area (Å²) in [4.78, 5) is 9.90. The molecular weight excluding hydrogens is 349 g/mol. The van der Waals surface area contributed by atoms with Crippen molar-refractivity contribution in [3.05, 3.63) is 31.9 Å². The van der Waals surface area contributed by atoms with E-state index in [2.05, 4.69) is 5.32 Å². The van der Waals surface area contributed by atoms with Crippen LogP contribution in [0.1, 0.15) is 0 Å². The summed E-state index contributed by atoms with van der Waals surface area (Å²) in [6.07, 6.45) is 0. The molecule has 0 unspecified atom stereocenters. The fraction of sp³-hybridized carbons (Fsp3) is 0.333. The third-order valence-electron chi connectivity index (χ3n) is 1.93. The molecule has 0 aromatic heterocycles. The summed E-state index contributed by atoms with van der Waals surface area (Å²) in [5.74, 6) is -3.22. The fourth-order valence-corrected chi connectivity index (χ4v) is 1.73. The zero-order valence-electron chi connectivity index (χ0n) is 8.49. The van der Waals surface area contributed by atoms with Crippen LogP contribution in [-0.4, -0.2) is 29.1 Å². The molecule has 0 bridgehead atoms. The Balaban J connectivity index is 2.77. The zero-order valence-corrected chi connectivity index (χ0v) is 10.6. The number of hydrogen-bond donors (Lipinski definition) is 2. The van der Waals surface area contributed by atoms with Crippen LogP contribution in [0.5, 0.6) is 0 Å². The third kappa shape index (κ3) is 4.04. The molecule has 0 aliphatic heterocycles. The van der Waals surface area contributed by atoms with Gasteiger partial charge in [0.15, 0.2) is 0 Å². The first-order chi connectivity index (χ1) is 7.85. The highest BCUT2D eigenvalue weighted by atomic mass is 127. The Hall–Kier alpha value is -1.03. The number of nitrogens with zero attached hydrogens (tertiary/aromatic N) is 1. The molecule has 0 spiro atoms. The van der Waals surface area contributed by atoms with Gasteiger partial charge in [-0.25, -0.2) is 8.78 Å². The minimum atomic E-state index is -3.22. The van der Waals surface area contributed by atoms with Gasteiger partial charge in [0.05, 0.1) is 11.5 Å². The molecule has 1 rings (SSSR count). The minimum absolute atomic E-state index is 0.103. The van der Waals surface area contributed by atoms with Crippen LogP contribution in [0.4, 0.5) is 20.2 Å². The number of nitro benzene ring substituents is 1. The lowest BCUT2D eigenvalue weighted by Gasteiger charge is -2.15. The molecule has 1 aromatic rings. The predicted molar refractivity (Wildman–Crippen MR) is 66.3 cm³/mol. The molecule has 0 saturated carbocycles. The second-order valence-electron chi connectivity index (χ2n) is 3.29. The molecule has 0 atom stereocenters. The molecule has 1 aromatic carbocycles. The number of anilines is 1. The first-order valence-corrected chi connectivity index (χ1v) is 5.60. The number of aliphatic hydroxyl groups is 1. The third-order valence-corrected chi connectivity index (χ3v) is 2.82. The van der Waals surface area contributed by atoms with Crippen molar-refractivity contribution < 1.29 is 18.8 Å². The van der Waals surface area contributed by atoms with Crippen LogP contribution in [0.3, 0.4) is 0 Å². The highest BCUT2D eigenvalue weighted by Gasteiger charge is 2.27. The molecular formula is C9H9F2IN2O3. The minimum Gasteiger partial charge on any atom is -0.390 e. The number of aliphatic hydroxyl groups excluding tert-OH is 1.